The van der Waals surface area contributed by atoms with Gasteiger partial charge >= 0.3 is 0 Å². The molecule has 1 unspecified atom stereocenters. The van der Waals surface area contributed by atoms with Crippen LogP contribution in [0.1, 0.15) is 24.2 Å². The number of aromatic nitrogens is 3. The minimum atomic E-state index is -0.331. The number of carbonyl (C=O) groups is 1. The van der Waals surface area contributed by atoms with Gasteiger partial charge in [-0.1, -0.05) is 24.3 Å². The number of pyridine rings is 1. The number of para-hydroxylation sites is 1. The maximum Gasteiger partial charge on any atom is 0.223 e. The van der Waals surface area contributed by atoms with E-state index in [0.717, 1.165) is 23.2 Å². The lowest BCUT2D eigenvalue weighted by molar-refractivity contribution is -0.116. The molecule has 0 aliphatic carbocycles. The molecule has 3 heterocycles. The van der Waals surface area contributed by atoms with Crippen molar-refractivity contribution in [2.24, 2.45) is 0 Å². The van der Waals surface area contributed by atoms with Crippen LogP contribution >= 0.6 is 0 Å². The maximum atomic E-state index is 13.7. The zero-order valence-corrected chi connectivity index (χ0v) is 18.1. The van der Waals surface area contributed by atoms with Crippen LogP contribution in [0.4, 0.5) is 21.6 Å². The van der Waals surface area contributed by atoms with Crippen molar-refractivity contribution < 1.29 is 9.18 Å². The molecule has 0 bridgehead atoms. The summed E-state index contributed by atoms with van der Waals surface area (Å²) >= 11 is 0. The van der Waals surface area contributed by atoms with E-state index in [1.165, 1.54) is 12.1 Å². The third-order valence-corrected chi connectivity index (χ3v) is 5.69. The minimum Gasteiger partial charge on any atom is -0.340 e. The summed E-state index contributed by atoms with van der Waals surface area (Å²) in [6, 6.07) is 19.8. The quantitative estimate of drug-likeness (QED) is 0.478. The summed E-state index contributed by atoms with van der Waals surface area (Å²) in [7, 11) is 0. The van der Waals surface area contributed by atoms with Gasteiger partial charge in [0.2, 0.25) is 5.91 Å². The predicted molar refractivity (Wildman–Crippen MR) is 126 cm³/mol. The highest BCUT2D eigenvalue weighted by atomic mass is 19.1. The lowest BCUT2D eigenvalue weighted by Gasteiger charge is -2.33. The molecule has 1 aliphatic heterocycles. The molecule has 0 fully saturated rings. The van der Waals surface area contributed by atoms with Crippen molar-refractivity contribution in [3.8, 4) is 11.3 Å². The first kappa shape index (κ1) is 20.8. The Morgan fingerprint density at radius 2 is 1.94 bits per heavy atom. The molecule has 1 aliphatic rings. The molecule has 33 heavy (non-hydrogen) atoms. The number of benzene rings is 2. The molecule has 1 amide bonds. The van der Waals surface area contributed by atoms with Crippen LogP contribution in [0.25, 0.3) is 11.3 Å². The van der Waals surface area contributed by atoms with Crippen LogP contribution in [0.3, 0.4) is 0 Å². The number of hydrogen-bond donors (Lipinski definition) is 1. The van der Waals surface area contributed by atoms with E-state index in [4.69, 9.17) is 9.97 Å². The molecule has 164 valence electrons. The van der Waals surface area contributed by atoms with E-state index in [1.807, 2.05) is 42.5 Å². The van der Waals surface area contributed by atoms with Crippen LogP contribution in [-0.4, -0.2) is 27.4 Å². The van der Waals surface area contributed by atoms with Crippen LogP contribution in [0.15, 0.2) is 79.1 Å². The van der Waals surface area contributed by atoms with Crippen molar-refractivity contribution in [2.45, 2.75) is 19.3 Å². The van der Waals surface area contributed by atoms with Crippen molar-refractivity contribution in [3.05, 3.63) is 96.3 Å². The van der Waals surface area contributed by atoms with E-state index in [0.29, 0.717) is 29.6 Å². The Bertz CT molecular complexity index is 1310. The number of halogens is 1. The Morgan fingerprint density at radius 3 is 2.73 bits per heavy atom. The Morgan fingerprint density at radius 1 is 1.06 bits per heavy atom. The Labute approximate surface area is 191 Å². The van der Waals surface area contributed by atoms with E-state index in [1.54, 1.807) is 36.4 Å². The van der Waals surface area contributed by atoms with Gasteiger partial charge in [0, 0.05) is 54.8 Å². The molecule has 4 aromatic rings. The maximum absolute atomic E-state index is 13.7. The molecule has 1 atom stereocenters. The second-order valence-corrected chi connectivity index (χ2v) is 8.03. The summed E-state index contributed by atoms with van der Waals surface area (Å²) in [6.07, 6.45) is 4.17. The average Bonchev–Trinajstić information content (AvgIpc) is 2.83. The highest BCUT2D eigenvalue weighted by molar-refractivity contribution is 5.93. The molecule has 2 aromatic carbocycles. The molecule has 5 rings (SSSR count). The summed E-state index contributed by atoms with van der Waals surface area (Å²) in [5.41, 5.74) is 4.17. The molecule has 2 aromatic heterocycles. The zero-order chi connectivity index (χ0) is 22.8. The van der Waals surface area contributed by atoms with Crippen molar-refractivity contribution in [3.63, 3.8) is 0 Å². The first-order chi connectivity index (χ1) is 16.1. The SMILES string of the molecule is CC(=O)N1CC(c2nc(Nc3cccc(F)c3)cc(-c3cccnc3)n2)Cc2ccccc21. The van der Waals surface area contributed by atoms with Gasteiger partial charge < -0.3 is 10.2 Å². The number of nitrogens with zero attached hydrogens (tertiary/aromatic N) is 4. The van der Waals surface area contributed by atoms with Crippen LogP contribution in [0.5, 0.6) is 0 Å². The number of rotatable bonds is 4. The highest BCUT2D eigenvalue weighted by Gasteiger charge is 2.29. The zero-order valence-electron chi connectivity index (χ0n) is 18.1. The number of hydrogen-bond acceptors (Lipinski definition) is 5. The third-order valence-electron chi connectivity index (χ3n) is 5.69. The van der Waals surface area contributed by atoms with Gasteiger partial charge in [0.25, 0.3) is 0 Å². The molecule has 0 saturated heterocycles. The van der Waals surface area contributed by atoms with Crippen LogP contribution in [-0.2, 0) is 11.2 Å². The van der Waals surface area contributed by atoms with Gasteiger partial charge in [-0.2, -0.15) is 0 Å². The summed E-state index contributed by atoms with van der Waals surface area (Å²) in [5.74, 6) is 0.735. The van der Waals surface area contributed by atoms with Crippen molar-refractivity contribution in [1.82, 2.24) is 15.0 Å². The van der Waals surface area contributed by atoms with Gasteiger partial charge in [-0.3, -0.25) is 9.78 Å². The fourth-order valence-electron chi connectivity index (χ4n) is 4.16. The minimum absolute atomic E-state index is 0.0197. The molecule has 1 N–H and O–H groups in total. The fraction of sp³-hybridized carbons (Fsp3) is 0.154. The average molecular weight is 439 g/mol. The number of carbonyl (C=O) groups excluding carboxylic acids is 1. The number of amides is 1. The standard InChI is InChI=1S/C26H22FN5O/c1-17(33)32-16-20(12-18-6-2-3-10-24(18)32)26-30-23(19-7-5-11-28-15-19)14-25(31-26)29-22-9-4-8-21(27)13-22/h2-11,13-15,20H,12,16H2,1H3,(H,29,30,31). The molecular weight excluding hydrogens is 417 g/mol. The first-order valence-electron chi connectivity index (χ1n) is 10.7. The predicted octanol–water partition coefficient (Wildman–Crippen LogP) is 5.11. The Kier molecular flexibility index (Phi) is 5.52. The molecule has 0 spiro atoms. The van der Waals surface area contributed by atoms with Crippen LogP contribution < -0.4 is 10.2 Å². The van der Waals surface area contributed by atoms with E-state index in [2.05, 4.69) is 10.3 Å². The van der Waals surface area contributed by atoms with Crippen molar-refractivity contribution in [2.75, 3.05) is 16.8 Å². The first-order valence-corrected chi connectivity index (χ1v) is 10.7. The highest BCUT2D eigenvalue weighted by Crippen LogP contribution is 2.35. The second-order valence-electron chi connectivity index (χ2n) is 8.03. The summed E-state index contributed by atoms with van der Waals surface area (Å²) in [5, 5.41) is 3.20. The lowest BCUT2D eigenvalue weighted by Crippen LogP contribution is -2.38. The summed E-state index contributed by atoms with van der Waals surface area (Å²) in [4.78, 5) is 28.0. The second kappa shape index (κ2) is 8.78. The monoisotopic (exact) mass is 439 g/mol. The number of nitrogens with one attached hydrogen (secondary N) is 1. The molecule has 0 radical (unpaired) electrons. The van der Waals surface area contributed by atoms with E-state index in [9.17, 15) is 9.18 Å². The Hall–Kier alpha value is -4.13. The summed E-state index contributed by atoms with van der Waals surface area (Å²) < 4.78 is 13.7. The van der Waals surface area contributed by atoms with Crippen LogP contribution in [0, 0.1) is 5.82 Å². The van der Waals surface area contributed by atoms with Gasteiger partial charge in [-0.05, 0) is 48.4 Å². The molecule has 6 nitrogen and oxygen atoms in total. The smallest absolute Gasteiger partial charge is 0.223 e. The van der Waals surface area contributed by atoms with Crippen LogP contribution in [0.2, 0.25) is 0 Å². The van der Waals surface area contributed by atoms with E-state index < -0.39 is 0 Å². The van der Waals surface area contributed by atoms with Gasteiger partial charge in [-0.15, -0.1) is 0 Å². The molecular formula is C26H22FN5O. The van der Waals surface area contributed by atoms with E-state index >= 15 is 0 Å². The summed E-state index contributed by atoms with van der Waals surface area (Å²) in [6.45, 7) is 2.06. The molecule has 0 saturated carbocycles. The van der Waals surface area contributed by atoms with Crippen molar-refractivity contribution >= 4 is 23.1 Å². The third kappa shape index (κ3) is 4.43. The largest absolute Gasteiger partial charge is 0.340 e. The van der Waals surface area contributed by atoms with Gasteiger partial charge in [-0.25, -0.2) is 14.4 Å². The van der Waals surface area contributed by atoms with Gasteiger partial charge in [0.15, 0.2) is 0 Å². The lowest BCUT2D eigenvalue weighted by atomic mass is 9.91. The number of fused-ring (bicyclic) bond motifs is 1. The van der Waals surface area contributed by atoms with Crippen molar-refractivity contribution in [1.29, 1.82) is 0 Å². The normalized spacial score (nSPS) is 15.1. The van der Waals surface area contributed by atoms with Gasteiger partial charge in [0.1, 0.15) is 17.5 Å². The number of anilines is 3. The fourth-order valence-corrected chi connectivity index (χ4v) is 4.16. The topological polar surface area (TPSA) is 71.0 Å². The Balaban J connectivity index is 1.57. The molecule has 7 heteroatoms. The van der Waals surface area contributed by atoms with E-state index in [-0.39, 0.29) is 17.6 Å². The van der Waals surface area contributed by atoms with Gasteiger partial charge in [0.05, 0.1) is 5.69 Å².